The van der Waals surface area contributed by atoms with E-state index in [4.69, 9.17) is 0 Å². The predicted molar refractivity (Wildman–Crippen MR) is 207 cm³/mol. The molecule has 6 aromatic carbocycles. The normalized spacial score (nSPS) is 10.0. The van der Waals surface area contributed by atoms with Crippen LogP contribution in [-0.2, 0) is 0 Å². The Kier molecular flexibility index (Phi) is 13.4. The van der Waals surface area contributed by atoms with E-state index in [2.05, 4.69) is 64.6 Å². The molecule has 0 unspecified atom stereocenters. The van der Waals surface area contributed by atoms with E-state index in [1.165, 1.54) is 22.3 Å². The molecule has 240 valence electrons. The molecule has 0 aliphatic heterocycles. The van der Waals surface area contributed by atoms with Gasteiger partial charge in [0.05, 0.1) is 10.2 Å². The fourth-order valence-corrected chi connectivity index (χ4v) is 7.16. The van der Waals surface area contributed by atoms with E-state index in [0.29, 0.717) is 5.56 Å². The molecule has 0 fully saturated rings. The molecule has 2 aromatic heterocycles. The van der Waals surface area contributed by atoms with Crippen molar-refractivity contribution in [3.05, 3.63) is 146 Å². The maximum absolute atomic E-state index is 12.0. The smallest absolute Gasteiger partial charge is 0.872 e. The molecule has 8 rings (SSSR count). The number of aromatic amines is 1. The first kappa shape index (κ1) is 36.7. The summed E-state index contributed by atoms with van der Waals surface area (Å²) in [6, 6.07) is 47.3. The van der Waals surface area contributed by atoms with Crippen LogP contribution in [0, 0.1) is 0 Å². The number of H-pyrrole nitrogens is 1. The maximum Gasteiger partial charge on any atom is 2.00 e. The van der Waals surface area contributed by atoms with Crippen LogP contribution in [0.25, 0.3) is 63.8 Å². The molecule has 2 heterocycles. The van der Waals surface area contributed by atoms with E-state index in [9.17, 15) is 10.2 Å². The third kappa shape index (κ3) is 8.67. The summed E-state index contributed by atoms with van der Waals surface area (Å²) >= 11 is 3.18. The van der Waals surface area contributed by atoms with Crippen molar-refractivity contribution < 1.29 is 15.2 Å². The third-order valence-corrected chi connectivity index (χ3v) is 9.43. The number of fused-ring (bicyclic) bond motifs is 2. The first-order valence-corrected chi connectivity index (χ1v) is 17.8. The number of thiazole rings is 2. The first-order chi connectivity index (χ1) is 23.6. The number of hydrogen-bond donors (Lipinski definition) is 0. The summed E-state index contributed by atoms with van der Waals surface area (Å²) in [5.74, 6) is 0.0680. The summed E-state index contributed by atoms with van der Waals surface area (Å²) in [6.45, 7) is 8.00. The van der Waals surface area contributed by atoms with Crippen LogP contribution in [0.4, 0.5) is 0 Å². The summed E-state index contributed by atoms with van der Waals surface area (Å²) in [6.07, 6.45) is 0. The summed E-state index contributed by atoms with van der Waals surface area (Å²) < 4.78 is 2.25. The molecule has 0 radical (unpaired) electrons. The topological polar surface area (TPSA) is 73.2 Å². The van der Waals surface area contributed by atoms with Crippen LogP contribution in [0.5, 0.6) is 11.5 Å². The molecule has 0 saturated carbocycles. The number of benzene rings is 6. The summed E-state index contributed by atoms with van der Waals surface area (Å²) in [5, 5.41) is 25.6. The van der Waals surface area contributed by atoms with Crippen LogP contribution in [0.1, 0.15) is 27.7 Å². The van der Waals surface area contributed by atoms with Gasteiger partial charge in [-0.05, 0) is 52.6 Å². The Bertz CT molecular complexity index is 2050. The molecule has 0 bridgehead atoms. The van der Waals surface area contributed by atoms with Gasteiger partial charge in [0.15, 0.2) is 0 Å². The van der Waals surface area contributed by atoms with Gasteiger partial charge >= 0.3 is 10.1 Å². The van der Waals surface area contributed by atoms with Crippen molar-refractivity contribution >= 4 is 53.2 Å². The van der Waals surface area contributed by atoms with Crippen molar-refractivity contribution in [3.63, 3.8) is 0 Å². The Labute approximate surface area is 300 Å². The van der Waals surface area contributed by atoms with Crippen molar-refractivity contribution in [1.29, 1.82) is 0 Å². The van der Waals surface area contributed by atoms with E-state index in [0.717, 1.165) is 36.0 Å². The Morgan fingerprint density at radius 1 is 0.490 bits per heavy atom. The summed E-state index contributed by atoms with van der Waals surface area (Å²) in [4.78, 5) is 7.95. The molecule has 1 N–H and O–H groups in total. The quantitative estimate of drug-likeness (QED) is 0.174. The van der Waals surface area contributed by atoms with Gasteiger partial charge in [0, 0.05) is 17.2 Å². The van der Waals surface area contributed by atoms with E-state index in [1.54, 1.807) is 46.9 Å². The zero-order valence-corrected chi connectivity index (χ0v) is 29.8. The van der Waals surface area contributed by atoms with Gasteiger partial charge in [0.25, 0.3) is 5.01 Å². The number of para-hydroxylation sites is 2. The summed E-state index contributed by atoms with van der Waals surface area (Å²) in [7, 11) is 0. The number of nitrogens with one attached hydrogen (secondary N) is 1. The number of hydrogen-bond acceptors (Lipinski definition) is 5. The zero-order valence-electron chi connectivity index (χ0n) is 28.1. The van der Waals surface area contributed by atoms with E-state index < -0.39 is 0 Å². The number of rotatable bonds is 4. The van der Waals surface area contributed by atoms with Gasteiger partial charge in [0.2, 0.25) is 5.52 Å². The minimum atomic E-state index is 0. The molecule has 0 amide bonds. The molecule has 49 heavy (non-hydrogen) atoms. The molecule has 0 spiro atoms. The monoisotopic (exact) mass is 674 g/mol. The predicted octanol–water partition coefficient (Wildman–Crippen LogP) is 10.5. The Hall–Kier alpha value is -5.13. The second kappa shape index (κ2) is 17.9. The van der Waals surface area contributed by atoms with Gasteiger partial charge in [-0.25, -0.2) is 4.98 Å². The molecular weight excluding hydrogens is 638 g/mol. The van der Waals surface area contributed by atoms with Gasteiger partial charge < -0.3 is 10.2 Å². The first-order valence-electron chi connectivity index (χ1n) is 16.1. The molecular formula is C42H37BeN2O2S2+. The van der Waals surface area contributed by atoms with E-state index >= 15 is 0 Å². The van der Waals surface area contributed by atoms with Gasteiger partial charge in [0.1, 0.15) is 9.71 Å². The standard InChI is InChI=1S/2C19H13NOS.2C2H6.Be/c2*21-17-9-5-4-8-15(17)19-20-16-11-10-14(12-18(16)22-19)13-6-2-1-3-7-13;2*1-2;/h2*1-12,21H;2*1-2H3;/q;;;;+2/p-1. The van der Waals surface area contributed by atoms with Gasteiger partial charge in [-0.15, -0.1) is 11.3 Å². The van der Waals surface area contributed by atoms with Crippen LogP contribution in [-0.4, -0.2) is 15.1 Å². The van der Waals surface area contributed by atoms with Crippen molar-refractivity contribution in [2.75, 3.05) is 0 Å². The average molecular weight is 675 g/mol. The largest absolute Gasteiger partial charge is 2.00 e. The fraction of sp³-hybridized carbons (Fsp3) is 0.0952. The van der Waals surface area contributed by atoms with Crippen molar-refractivity contribution in [3.8, 4) is 54.9 Å². The van der Waals surface area contributed by atoms with Gasteiger partial charge in [-0.3, -0.25) is 0 Å². The minimum Gasteiger partial charge on any atom is -0.872 e. The van der Waals surface area contributed by atoms with Gasteiger partial charge in [-0.1, -0.05) is 160 Å². The fourth-order valence-electron chi connectivity index (χ4n) is 5.05. The molecule has 7 heteroatoms. The molecule has 0 aliphatic rings. The minimum absolute atomic E-state index is 0. The molecule has 0 aliphatic carbocycles. The number of aromatic nitrogens is 2. The van der Waals surface area contributed by atoms with Crippen LogP contribution in [0.15, 0.2) is 146 Å². The van der Waals surface area contributed by atoms with Crippen LogP contribution in [0.2, 0.25) is 0 Å². The summed E-state index contributed by atoms with van der Waals surface area (Å²) in [5.41, 5.74) is 8.12. The SMILES string of the molecule is CC.CC.[Be+2].[O-]c1ccccc1-c1[nH+]c2ccc(-c3ccccc3)cc2s1.[O-]c1ccccc1-c1nc2ccc(-c3ccccc3)cc2s1. The van der Waals surface area contributed by atoms with E-state index in [1.807, 2.05) is 94.4 Å². The Balaban J connectivity index is 0.000000197. The zero-order chi connectivity index (χ0) is 33.9. The van der Waals surface area contributed by atoms with Crippen LogP contribution in [0.3, 0.4) is 0 Å². The van der Waals surface area contributed by atoms with E-state index in [-0.39, 0.29) is 21.6 Å². The molecule has 8 aromatic rings. The maximum atomic E-state index is 12.0. The van der Waals surface area contributed by atoms with Crippen LogP contribution < -0.4 is 15.2 Å². The van der Waals surface area contributed by atoms with Crippen molar-refractivity contribution in [2.45, 2.75) is 27.7 Å². The third-order valence-electron chi connectivity index (χ3n) is 7.29. The number of nitrogens with zero attached hydrogens (tertiary/aromatic N) is 1. The average Bonchev–Trinajstić information content (AvgIpc) is 3.78. The van der Waals surface area contributed by atoms with Crippen molar-refractivity contribution in [1.82, 2.24) is 4.98 Å². The van der Waals surface area contributed by atoms with Crippen molar-refractivity contribution in [2.24, 2.45) is 0 Å². The molecule has 0 saturated heterocycles. The van der Waals surface area contributed by atoms with Gasteiger partial charge in [-0.2, -0.15) is 4.98 Å². The molecule has 4 nitrogen and oxygen atoms in total. The van der Waals surface area contributed by atoms with Crippen LogP contribution >= 0.6 is 22.7 Å². The Morgan fingerprint density at radius 3 is 1.55 bits per heavy atom. The second-order valence-electron chi connectivity index (χ2n) is 10.2. The second-order valence-corrected chi connectivity index (χ2v) is 12.3. The molecule has 0 atom stereocenters. The Morgan fingerprint density at radius 2 is 0.980 bits per heavy atom.